The summed E-state index contributed by atoms with van der Waals surface area (Å²) in [6.07, 6.45) is 6.99. The van der Waals surface area contributed by atoms with E-state index >= 15 is 0 Å². The van der Waals surface area contributed by atoms with Crippen LogP contribution < -0.4 is 5.73 Å². The van der Waals surface area contributed by atoms with Gasteiger partial charge in [-0.05, 0) is 47.7 Å². The van der Waals surface area contributed by atoms with E-state index in [0.29, 0.717) is 10.6 Å². The van der Waals surface area contributed by atoms with Crippen molar-refractivity contribution in [2.24, 2.45) is 0 Å². The summed E-state index contributed by atoms with van der Waals surface area (Å²) in [7, 11) is 0. The minimum atomic E-state index is 0.230. The van der Waals surface area contributed by atoms with Gasteiger partial charge in [-0.15, -0.1) is 0 Å². The molecule has 0 spiro atoms. The number of pyridine rings is 1. The number of hydrogen-bond acceptors (Lipinski definition) is 4. The number of nitrogen functional groups attached to an aromatic ring is 1. The van der Waals surface area contributed by atoms with Crippen LogP contribution in [-0.2, 0) is 0 Å². The summed E-state index contributed by atoms with van der Waals surface area (Å²) in [5, 5.41) is 0.714. The summed E-state index contributed by atoms with van der Waals surface area (Å²) >= 11 is 5.99. The molecule has 0 fully saturated rings. The van der Waals surface area contributed by atoms with E-state index in [9.17, 15) is 0 Å². The third kappa shape index (κ3) is 3.10. The van der Waals surface area contributed by atoms with Gasteiger partial charge in [-0.1, -0.05) is 29.7 Å². The zero-order valence-electron chi connectivity index (χ0n) is 13.9. The largest absolute Gasteiger partial charge is 0.368 e. The Balaban J connectivity index is 1.79. The molecular formula is C20H14ClN5. The molecule has 126 valence electrons. The zero-order valence-corrected chi connectivity index (χ0v) is 14.7. The van der Waals surface area contributed by atoms with Gasteiger partial charge in [0.05, 0.1) is 11.8 Å². The highest BCUT2D eigenvalue weighted by molar-refractivity contribution is 6.30. The number of anilines is 1. The van der Waals surface area contributed by atoms with Gasteiger partial charge in [0.1, 0.15) is 11.3 Å². The summed E-state index contributed by atoms with van der Waals surface area (Å²) < 4.78 is 1.99. The standard InChI is InChI=1S/C20H14ClN5/c1-13-8-16(15-3-5-17(21)6-4-15)12-26-18(11-23-19(13)26)7-2-14-9-24-20(22)25-10-14/h3-6,8-12H,1H3,(H2,22,24,25). The first kappa shape index (κ1) is 16.1. The molecule has 4 aromatic rings. The Morgan fingerprint density at radius 2 is 1.69 bits per heavy atom. The summed E-state index contributed by atoms with van der Waals surface area (Å²) in [4.78, 5) is 12.4. The van der Waals surface area contributed by atoms with Gasteiger partial charge < -0.3 is 5.73 Å². The number of benzene rings is 1. The second-order valence-corrected chi connectivity index (χ2v) is 6.27. The molecule has 0 aliphatic rings. The van der Waals surface area contributed by atoms with E-state index in [1.807, 2.05) is 41.8 Å². The van der Waals surface area contributed by atoms with E-state index in [2.05, 4.69) is 32.9 Å². The molecule has 4 rings (SSSR count). The lowest BCUT2D eigenvalue weighted by atomic mass is 10.1. The topological polar surface area (TPSA) is 69.1 Å². The average Bonchev–Trinajstić information content (AvgIpc) is 3.05. The summed E-state index contributed by atoms with van der Waals surface area (Å²) in [5.74, 6) is 6.40. The normalized spacial score (nSPS) is 10.5. The lowest BCUT2D eigenvalue weighted by molar-refractivity contribution is 1.14. The molecule has 0 aliphatic heterocycles. The zero-order chi connectivity index (χ0) is 18.1. The van der Waals surface area contributed by atoms with Crippen LogP contribution in [0, 0.1) is 18.8 Å². The van der Waals surface area contributed by atoms with Gasteiger partial charge in [0.2, 0.25) is 5.95 Å². The third-order valence-electron chi connectivity index (χ3n) is 3.97. The predicted molar refractivity (Wildman–Crippen MR) is 103 cm³/mol. The van der Waals surface area contributed by atoms with Crippen molar-refractivity contribution >= 4 is 23.2 Å². The maximum Gasteiger partial charge on any atom is 0.219 e. The summed E-state index contributed by atoms with van der Waals surface area (Å²) in [6.45, 7) is 2.03. The monoisotopic (exact) mass is 359 g/mol. The van der Waals surface area contributed by atoms with Gasteiger partial charge in [-0.2, -0.15) is 0 Å². The SMILES string of the molecule is Cc1cc(-c2ccc(Cl)cc2)cn2c(C#Cc3cnc(N)nc3)cnc12. The number of halogens is 1. The van der Waals surface area contributed by atoms with Gasteiger partial charge in [-0.25, -0.2) is 15.0 Å². The minimum absolute atomic E-state index is 0.230. The van der Waals surface area contributed by atoms with Gasteiger partial charge in [-0.3, -0.25) is 4.40 Å². The van der Waals surface area contributed by atoms with E-state index in [-0.39, 0.29) is 5.95 Å². The predicted octanol–water partition coefficient (Wildman–Crippen LogP) is 3.74. The number of rotatable bonds is 1. The molecular weight excluding hydrogens is 346 g/mol. The number of fused-ring (bicyclic) bond motifs is 1. The molecule has 0 aliphatic carbocycles. The van der Waals surface area contributed by atoms with E-state index in [1.54, 1.807) is 18.6 Å². The highest BCUT2D eigenvalue weighted by Crippen LogP contribution is 2.24. The van der Waals surface area contributed by atoms with Crippen LogP contribution in [0.25, 0.3) is 16.8 Å². The lowest BCUT2D eigenvalue weighted by Gasteiger charge is -2.06. The van der Waals surface area contributed by atoms with Crippen molar-refractivity contribution in [3.05, 3.63) is 77.0 Å². The molecule has 26 heavy (non-hydrogen) atoms. The minimum Gasteiger partial charge on any atom is -0.368 e. The summed E-state index contributed by atoms with van der Waals surface area (Å²) in [6, 6.07) is 9.86. The molecule has 0 bridgehead atoms. The fourth-order valence-corrected chi connectivity index (χ4v) is 2.81. The highest BCUT2D eigenvalue weighted by Gasteiger charge is 2.07. The Hall–Kier alpha value is -3.36. The first-order chi connectivity index (χ1) is 12.6. The smallest absolute Gasteiger partial charge is 0.219 e. The molecule has 0 saturated heterocycles. The van der Waals surface area contributed by atoms with Gasteiger partial charge in [0, 0.05) is 23.6 Å². The van der Waals surface area contributed by atoms with Crippen molar-refractivity contribution in [2.75, 3.05) is 5.73 Å². The Morgan fingerprint density at radius 1 is 0.962 bits per heavy atom. The van der Waals surface area contributed by atoms with Crippen LogP contribution >= 0.6 is 11.6 Å². The maximum atomic E-state index is 5.99. The quantitative estimate of drug-likeness (QED) is 0.526. The van der Waals surface area contributed by atoms with Crippen LogP contribution in [0.3, 0.4) is 0 Å². The van der Waals surface area contributed by atoms with E-state index in [0.717, 1.165) is 28.0 Å². The summed E-state index contributed by atoms with van der Waals surface area (Å²) in [5.41, 5.74) is 11.1. The number of hydrogen-bond donors (Lipinski definition) is 1. The first-order valence-corrected chi connectivity index (χ1v) is 8.31. The van der Waals surface area contributed by atoms with Crippen LogP contribution in [0.5, 0.6) is 0 Å². The van der Waals surface area contributed by atoms with Crippen molar-refractivity contribution in [1.82, 2.24) is 19.4 Å². The second-order valence-electron chi connectivity index (χ2n) is 5.84. The maximum absolute atomic E-state index is 5.99. The fourth-order valence-electron chi connectivity index (χ4n) is 2.69. The number of nitrogens with zero attached hydrogens (tertiary/aromatic N) is 4. The Labute approximate surface area is 155 Å². The van der Waals surface area contributed by atoms with E-state index < -0.39 is 0 Å². The van der Waals surface area contributed by atoms with Crippen molar-refractivity contribution in [2.45, 2.75) is 6.92 Å². The van der Waals surface area contributed by atoms with Crippen LogP contribution in [0.4, 0.5) is 5.95 Å². The van der Waals surface area contributed by atoms with Crippen molar-refractivity contribution in [3.63, 3.8) is 0 Å². The van der Waals surface area contributed by atoms with Gasteiger partial charge in [0.15, 0.2) is 0 Å². The Bertz CT molecular complexity index is 1150. The fraction of sp³-hybridized carbons (Fsp3) is 0.0500. The molecule has 0 atom stereocenters. The third-order valence-corrected chi connectivity index (χ3v) is 4.23. The number of aromatic nitrogens is 4. The molecule has 3 aromatic heterocycles. The molecule has 5 nitrogen and oxygen atoms in total. The molecule has 2 N–H and O–H groups in total. The lowest BCUT2D eigenvalue weighted by Crippen LogP contribution is -1.94. The molecule has 0 unspecified atom stereocenters. The molecule has 3 heterocycles. The van der Waals surface area contributed by atoms with Crippen LogP contribution in [0.1, 0.15) is 16.8 Å². The highest BCUT2D eigenvalue weighted by atomic mass is 35.5. The Kier molecular flexibility index (Phi) is 4.04. The molecule has 0 saturated carbocycles. The first-order valence-electron chi connectivity index (χ1n) is 7.93. The molecule has 1 aromatic carbocycles. The Morgan fingerprint density at radius 3 is 2.42 bits per heavy atom. The number of aryl methyl sites for hydroxylation is 1. The van der Waals surface area contributed by atoms with Crippen LogP contribution in [-0.4, -0.2) is 19.4 Å². The van der Waals surface area contributed by atoms with Gasteiger partial charge >= 0.3 is 0 Å². The van der Waals surface area contributed by atoms with Gasteiger partial charge in [0.25, 0.3) is 0 Å². The van der Waals surface area contributed by atoms with Crippen LogP contribution in [0.2, 0.25) is 5.02 Å². The number of imidazole rings is 1. The second kappa shape index (κ2) is 6.51. The van der Waals surface area contributed by atoms with E-state index in [1.165, 1.54) is 0 Å². The van der Waals surface area contributed by atoms with Crippen molar-refractivity contribution < 1.29 is 0 Å². The molecule has 6 heteroatoms. The molecule has 0 amide bonds. The van der Waals surface area contributed by atoms with Crippen LogP contribution in [0.15, 0.2) is 55.1 Å². The van der Waals surface area contributed by atoms with Crippen molar-refractivity contribution in [3.8, 4) is 23.0 Å². The average molecular weight is 360 g/mol. The molecule has 0 radical (unpaired) electrons. The van der Waals surface area contributed by atoms with E-state index in [4.69, 9.17) is 17.3 Å². The number of nitrogens with two attached hydrogens (primary N) is 1. The van der Waals surface area contributed by atoms with Crippen molar-refractivity contribution in [1.29, 1.82) is 0 Å².